The normalized spacial score (nSPS) is 12.8. The number of benzene rings is 2. The third-order valence-corrected chi connectivity index (χ3v) is 5.74. The second-order valence-corrected chi connectivity index (χ2v) is 8.18. The van der Waals surface area contributed by atoms with Crippen LogP contribution in [-0.2, 0) is 22.6 Å². The van der Waals surface area contributed by atoms with E-state index in [1.165, 1.54) is 5.56 Å². The quantitative estimate of drug-likeness (QED) is 0.604. The van der Waals surface area contributed by atoms with Gasteiger partial charge in [0, 0.05) is 19.0 Å². The maximum absolute atomic E-state index is 13.3. The number of carbonyl (C=O) groups excluding carboxylic acids is 2. The third kappa shape index (κ3) is 6.72. The summed E-state index contributed by atoms with van der Waals surface area (Å²) in [6, 6.07) is 16.0. The van der Waals surface area contributed by atoms with E-state index in [2.05, 4.69) is 36.5 Å². The van der Waals surface area contributed by atoms with E-state index in [1.807, 2.05) is 52.0 Å². The lowest BCUT2D eigenvalue weighted by Gasteiger charge is -2.32. The molecule has 162 valence electrons. The maximum atomic E-state index is 13.3. The molecular weight excluding hydrogens is 372 g/mol. The third-order valence-electron chi connectivity index (χ3n) is 5.74. The average Bonchev–Trinajstić information content (AvgIpc) is 2.74. The molecule has 0 radical (unpaired) electrons. The van der Waals surface area contributed by atoms with E-state index in [0.717, 1.165) is 23.1 Å². The van der Waals surface area contributed by atoms with Crippen molar-refractivity contribution in [1.82, 2.24) is 10.2 Å². The van der Waals surface area contributed by atoms with Gasteiger partial charge >= 0.3 is 0 Å². The highest BCUT2D eigenvalue weighted by atomic mass is 16.2. The fourth-order valence-corrected chi connectivity index (χ4v) is 3.48. The summed E-state index contributed by atoms with van der Waals surface area (Å²) in [7, 11) is 0. The van der Waals surface area contributed by atoms with Gasteiger partial charge in [0.2, 0.25) is 11.8 Å². The van der Waals surface area contributed by atoms with Crippen LogP contribution in [0.4, 0.5) is 0 Å². The Kier molecular flexibility index (Phi) is 9.10. The number of nitrogens with zero attached hydrogens (tertiary/aromatic N) is 1. The molecule has 2 aromatic carbocycles. The van der Waals surface area contributed by atoms with Crippen LogP contribution < -0.4 is 5.32 Å². The van der Waals surface area contributed by atoms with Crippen LogP contribution in [0, 0.1) is 13.8 Å². The lowest BCUT2D eigenvalue weighted by molar-refractivity contribution is -0.141. The Morgan fingerprint density at radius 2 is 1.63 bits per heavy atom. The summed E-state index contributed by atoms with van der Waals surface area (Å²) >= 11 is 0. The summed E-state index contributed by atoms with van der Waals surface area (Å²) in [6.45, 7) is 10.6. The van der Waals surface area contributed by atoms with E-state index in [0.29, 0.717) is 25.8 Å². The fraction of sp³-hybridized carbons (Fsp3) is 0.462. The molecule has 0 saturated heterocycles. The molecule has 0 fully saturated rings. The van der Waals surface area contributed by atoms with E-state index in [9.17, 15) is 9.59 Å². The number of carbonyl (C=O) groups is 2. The predicted octanol–water partition coefficient (Wildman–Crippen LogP) is 4.96. The Morgan fingerprint density at radius 3 is 2.23 bits per heavy atom. The van der Waals surface area contributed by atoms with Crippen molar-refractivity contribution < 1.29 is 9.59 Å². The predicted molar refractivity (Wildman–Crippen MR) is 123 cm³/mol. The van der Waals surface area contributed by atoms with Crippen LogP contribution in [0.15, 0.2) is 48.5 Å². The summed E-state index contributed by atoms with van der Waals surface area (Å²) < 4.78 is 0. The van der Waals surface area contributed by atoms with Crippen molar-refractivity contribution in [3.63, 3.8) is 0 Å². The summed E-state index contributed by atoms with van der Waals surface area (Å²) in [5.74, 6) is -0.0471. The maximum Gasteiger partial charge on any atom is 0.243 e. The van der Waals surface area contributed by atoms with Crippen molar-refractivity contribution in [1.29, 1.82) is 0 Å². The smallest absolute Gasteiger partial charge is 0.243 e. The first kappa shape index (κ1) is 23.7. The van der Waals surface area contributed by atoms with Gasteiger partial charge in [-0.25, -0.2) is 0 Å². The van der Waals surface area contributed by atoms with Gasteiger partial charge in [0.1, 0.15) is 6.04 Å². The lowest BCUT2D eigenvalue weighted by atomic mass is 10.0. The summed E-state index contributed by atoms with van der Waals surface area (Å²) in [5, 5.41) is 3.06. The second-order valence-electron chi connectivity index (χ2n) is 8.18. The zero-order chi connectivity index (χ0) is 22.1. The minimum atomic E-state index is -0.468. The van der Waals surface area contributed by atoms with Crippen LogP contribution in [-0.4, -0.2) is 28.8 Å². The first-order valence-corrected chi connectivity index (χ1v) is 11.1. The molecule has 0 aliphatic heterocycles. The Balaban J connectivity index is 2.21. The molecule has 4 nitrogen and oxygen atoms in total. The van der Waals surface area contributed by atoms with Gasteiger partial charge in [-0.3, -0.25) is 9.59 Å². The molecule has 2 rings (SSSR count). The van der Waals surface area contributed by atoms with Crippen LogP contribution in [0.5, 0.6) is 0 Å². The lowest BCUT2D eigenvalue weighted by Crippen LogP contribution is -2.50. The van der Waals surface area contributed by atoms with Gasteiger partial charge in [-0.2, -0.15) is 0 Å². The van der Waals surface area contributed by atoms with Gasteiger partial charge in [0.05, 0.1) is 0 Å². The van der Waals surface area contributed by atoms with E-state index in [-0.39, 0.29) is 17.9 Å². The molecule has 0 heterocycles. The van der Waals surface area contributed by atoms with E-state index >= 15 is 0 Å². The van der Waals surface area contributed by atoms with E-state index < -0.39 is 6.04 Å². The Labute approximate surface area is 181 Å². The first-order chi connectivity index (χ1) is 14.3. The van der Waals surface area contributed by atoms with Gasteiger partial charge in [0.25, 0.3) is 0 Å². The first-order valence-electron chi connectivity index (χ1n) is 11.1. The highest BCUT2D eigenvalue weighted by Crippen LogP contribution is 2.18. The van der Waals surface area contributed by atoms with Crippen LogP contribution in [0.2, 0.25) is 0 Å². The van der Waals surface area contributed by atoms with Crippen LogP contribution in [0.25, 0.3) is 0 Å². The van der Waals surface area contributed by atoms with Gasteiger partial charge in [-0.1, -0.05) is 67.9 Å². The van der Waals surface area contributed by atoms with Crippen LogP contribution >= 0.6 is 0 Å². The van der Waals surface area contributed by atoms with Crippen molar-refractivity contribution in [2.45, 2.75) is 78.9 Å². The topological polar surface area (TPSA) is 49.4 Å². The molecule has 0 aromatic heterocycles. The highest BCUT2D eigenvalue weighted by molar-refractivity contribution is 5.88. The molecule has 0 aliphatic carbocycles. The van der Waals surface area contributed by atoms with Gasteiger partial charge < -0.3 is 10.2 Å². The van der Waals surface area contributed by atoms with Crippen molar-refractivity contribution in [2.24, 2.45) is 0 Å². The zero-order valence-electron chi connectivity index (χ0n) is 19.1. The van der Waals surface area contributed by atoms with Crippen molar-refractivity contribution in [3.05, 3.63) is 70.8 Å². The molecule has 0 saturated carbocycles. The molecule has 0 unspecified atom stereocenters. The Bertz CT molecular complexity index is 829. The van der Waals surface area contributed by atoms with E-state index in [1.54, 1.807) is 4.90 Å². The van der Waals surface area contributed by atoms with Gasteiger partial charge in [-0.05, 0) is 56.7 Å². The standard InChI is InChI=1S/C26H36N2O2/c1-6-21(5)27-26(30)24(7-2)28(18-23-11-9-8-10-20(23)4)25(29)17-16-22-14-12-19(3)13-15-22/h8-15,21,24H,6-7,16-18H2,1-5H3,(H,27,30)/t21-,24+/m0/s1. The number of nitrogens with one attached hydrogen (secondary N) is 1. The molecule has 0 bridgehead atoms. The molecule has 2 aromatic rings. The Hall–Kier alpha value is -2.62. The minimum Gasteiger partial charge on any atom is -0.352 e. The second kappa shape index (κ2) is 11.5. The molecule has 0 spiro atoms. The molecule has 30 heavy (non-hydrogen) atoms. The SMILES string of the molecule is CC[C@H](C(=O)N[C@@H](C)CC)N(Cc1ccccc1C)C(=O)CCc1ccc(C)cc1. The van der Waals surface area contributed by atoms with Gasteiger partial charge in [-0.15, -0.1) is 0 Å². The molecule has 1 N–H and O–H groups in total. The number of hydrogen-bond donors (Lipinski definition) is 1. The number of aryl methyl sites for hydroxylation is 3. The van der Waals surface area contributed by atoms with E-state index in [4.69, 9.17) is 0 Å². The highest BCUT2D eigenvalue weighted by Gasteiger charge is 2.29. The van der Waals surface area contributed by atoms with Crippen molar-refractivity contribution >= 4 is 11.8 Å². The molecule has 4 heteroatoms. The molecule has 0 aliphatic rings. The van der Waals surface area contributed by atoms with Crippen molar-refractivity contribution in [3.8, 4) is 0 Å². The van der Waals surface area contributed by atoms with Crippen molar-refractivity contribution in [2.75, 3.05) is 0 Å². The molecular formula is C26H36N2O2. The fourth-order valence-electron chi connectivity index (χ4n) is 3.48. The van der Waals surface area contributed by atoms with Gasteiger partial charge in [0.15, 0.2) is 0 Å². The average molecular weight is 409 g/mol. The molecule has 2 amide bonds. The largest absolute Gasteiger partial charge is 0.352 e. The summed E-state index contributed by atoms with van der Waals surface area (Å²) in [6.07, 6.45) is 2.51. The Morgan fingerprint density at radius 1 is 0.967 bits per heavy atom. The number of amides is 2. The monoisotopic (exact) mass is 408 g/mol. The summed E-state index contributed by atoms with van der Waals surface area (Å²) in [5.41, 5.74) is 4.56. The zero-order valence-corrected chi connectivity index (χ0v) is 19.1. The van der Waals surface area contributed by atoms with Crippen LogP contribution in [0.1, 0.15) is 62.3 Å². The number of rotatable bonds is 10. The minimum absolute atomic E-state index is 0.0185. The van der Waals surface area contributed by atoms with Crippen LogP contribution in [0.3, 0.4) is 0 Å². The number of hydrogen-bond acceptors (Lipinski definition) is 2. The summed E-state index contributed by atoms with van der Waals surface area (Å²) in [4.78, 5) is 28.0. The molecule has 2 atom stereocenters.